The molecule has 0 radical (unpaired) electrons. The molecular formula is C23H19ClN2O3. The summed E-state index contributed by atoms with van der Waals surface area (Å²) in [6, 6.07) is 20.7. The van der Waals surface area contributed by atoms with Crippen LogP contribution in [0.5, 0.6) is 17.2 Å². The van der Waals surface area contributed by atoms with E-state index in [-0.39, 0.29) is 24.8 Å². The summed E-state index contributed by atoms with van der Waals surface area (Å²) in [6.07, 6.45) is 1.87. The van der Waals surface area contributed by atoms with Crippen LogP contribution in [0, 0.1) is 0 Å². The molecule has 5 nitrogen and oxygen atoms in total. The zero-order chi connectivity index (χ0) is 19.8. The number of hydrogen-bond acceptors (Lipinski definition) is 5. The lowest BCUT2D eigenvalue weighted by Crippen LogP contribution is -2.39. The van der Waals surface area contributed by atoms with Crippen molar-refractivity contribution in [2.45, 2.75) is 12.2 Å². The molecule has 3 N–H and O–H groups in total. The molecule has 0 bridgehead atoms. The number of aromatic hydroxyl groups is 1. The average molecular weight is 407 g/mol. The normalized spacial score (nSPS) is 20.1. The number of fused-ring (bicyclic) bond motifs is 1. The van der Waals surface area contributed by atoms with E-state index in [1.807, 2.05) is 60.7 Å². The molecule has 2 atom stereocenters. The summed E-state index contributed by atoms with van der Waals surface area (Å²) in [5, 5.41) is 18.2. The maximum atomic E-state index is 10.4. The summed E-state index contributed by atoms with van der Waals surface area (Å²) in [5.41, 5.74) is 3.71. The molecule has 6 heteroatoms. The van der Waals surface area contributed by atoms with Gasteiger partial charge >= 0.3 is 0 Å². The van der Waals surface area contributed by atoms with Crippen LogP contribution in [0.2, 0.25) is 5.02 Å². The Bertz CT molecular complexity index is 1100. The van der Waals surface area contributed by atoms with E-state index in [0.29, 0.717) is 5.02 Å². The molecule has 0 aromatic heterocycles. The molecule has 2 heterocycles. The van der Waals surface area contributed by atoms with Crippen molar-refractivity contribution in [2.24, 2.45) is 0 Å². The van der Waals surface area contributed by atoms with Crippen LogP contribution in [0.25, 0.3) is 5.70 Å². The Kier molecular flexibility index (Phi) is 4.54. The molecule has 2 aliphatic heterocycles. The van der Waals surface area contributed by atoms with Gasteiger partial charge in [0.2, 0.25) is 6.79 Å². The van der Waals surface area contributed by atoms with Gasteiger partial charge in [0.25, 0.3) is 0 Å². The number of para-hydroxylation sites is 1. The highest BCUT2D eigenvalue weighted by molar-refractivity contribution is 6.30. The fourth-order valence-electron chi connectivity index (χ4n) is 3.68. The van der Waals surface area contributed by atoms with E-state index >= 15 is 0 Å². The van der Waals surface area contributed by atoms with Gasteiger partial charge in [-0.05, 0) is 48.0 Å². The quantitative estimate of drug-likeness (QED) is 0.586. The number of phenols is 1. The molecule has 3 aromatic carbocycles. The highest BCUT2D eigenvalue weighted by atomic mass is 35.5. The van der Waals surface area contributed by atoms with Crippen molar-refractivity contribution >= 4 is 17.3 Å². The number of ether oxygens (including phenoxy) is 2. The van der Waals surface area contributed by atoms with Crippen molar-refractivity contribution in [1.82, 2.24) is 10.6 Å². The van der Waals surface area contributed by atoms with Crippen LogP contribution < -0.4 is 20.1 Å². The molecule has 0 aliphatic carbocycles. The molecule has 2 aliphatic rings. The van der Waals surface area contributed by atoms with Crippen molar-refractivity contribution < 1.29 is 14.6 Å². The molecule has 0 spiro atoms. The summed E-state index contributed by atoms with van der Waals surface area (Å²) in [5.74, 6) is 1.71. The third-order valence-corrected chi connectivity index (χ3v) is 5.35. The van der Waals surface area contributed by atoms with E-state index in [9.17, 15) is 5.11 Å². The second kappa shape index (κ2) is 7.35. The summed E-state index contributed by atoms with van der Waals surface area (Å²) < 4.78 is 11.0. The zero-order valence-corrected chi connectivity index (χ0v) is 16.2. The first kappa shape index (κ1) is 17.9. The highest BCUT2D eigenvalue weighted by Gasteiger charge is 2.26. The lowest BCUT2D eigenvalue weighted by atomic mass is 9.97. The minimum atomic E-state index is -0.193. The predicted octanol–water partition coefficient (Wildman–Crippen LogP) is 4.75. The summed E-state index contributed by atoms with van der Waals surface area (Å²) in [4.78, 5) is 0. The number of phenolic OH excluding ortho intramolecular Hbond substituents is 1. The zero-order valence-electron chi connectivity index (χ0n) is 15.4. The first-order valence-corrected chi connectivity index (χ1v) is 9.73. The van der Waals surface area contributed by atoms with E-state index in [0.717, 1.165) is 33.9 Å². The van der Waals surface area contributed by atoms with Gasteiger partial charge in [-0.3, -0.25) is 5.32 Å². The lowest BCUT2D eigenvalue weighted by Gasteiger charge is -2.33. The van der Waals surface area contributed by atoms with Gasteiger partial charge in [-0.2, -0.15) is 0 Å². The number of nitrogens with one attached hydrogen (secondary N) is 2. The van der Waals surface area contributed by atoms with Gasteiger partial charge in [-0.15, -0.1) is 0 Å². The van der Waals surface area contributed by atoms with Crippen LogP contribution in [0.15, 0.2) is 72.8 Å². The largest absolute Gasteiger partial charge is 0.508 e. The standard InChI is InChI=1S/C23H19ClN2O3/c24-16-5-3-4-15(10-16)23-25-18(14-8-9-21-22(11-14)29-13-28-21)12-19(26-23)17-6-1-2-7-20(17)27/h1-12,19,23,25-27H,13H2. The highest BCUT2D eigenvalue weighted by Crippen LogP contribution is 2.37. The summed E-state index contributed by atoms with van der Waals surface area (Å²) in [6.45, 7) is 0.235. The molecule has 0 saturated carbocycles. The van der Waals surface area contributed by atoms with Gasteiger partial charge in [-0.25, -0.2) is 0 Å². The molecule has 29 heavy (non-hydrogen) atoms. The van der Waals surface area contributed by atoms with E-state index in [1.165, 1.54) is 0 Å². The van der Waals surface area contributed by atoms with Crippen LogP contribution in [0.3, 0.4) is 0 Å². The first-order chi connectivity index (χ1) is 14.2. The van der Waals surface area contributed by atoms with E-state index in [1.54, 1.807) is 6.07 Å². The molecule has 0 fully saturated rings. The Labute approximate surface area is 173 Å². The number of benzene rings is 3. The van der Waals surface area contributed by atoms with E-state index in [4.69, 9.17) is 21.1 Å². The Morgan fingerprint density at radius 2 is 1.79 bits per heavy atom. The Morgan fingerprint density at radius 3 is 2.66 bits per heavy atom. The molecule has 2 unspecified atom stereocenters. The lowest BCUT2D eigenvalue weighted by molar-refractivity contribution is 0.174. The third-order valence-electron chi connectivity index (χ3n) is 5.12. The second-order valence-corrected chi connectivity index (χ2v) is 7.42. The van der Waals surface area contributed by atoms with Crippen molar-refractivity contribution in [1.29, 1.82) is 0 Å². The van der Waals surface area contributed by atoms with Gasteiger partial charge in [0, 0.05) is 21.8 Å². The van der Waals surface area contributed by atoms with Gasteiger partial charge in [0.15, 0.2) is 11.5 Å². The molecule has 0 saturated heterocycles. The van der Waals surface area contributed by atoms with Crippen molar-refractivity contribution in [3.63, 3.8) is 0 Å². The number of halogens is 1. The monoisotopic (exact) mass is 406 g/mol. The second-order valence-electron chi connectivity index (χ2n) is 6.98. The van der Waals surface area contributed by atoms with Crippen LogP contribution in [0.4, 0.5) is 0 Å². The Balaban J connectivity index is 1.57. The number of hydrogen-bond donors (Lipinski definition) is 3. The predicted molar refractivity (Wildman–Crippen MR) is 112 cm³/mol. The molecule has 5 rings (SSSR count). The van der Waals surface area contributed by atoms with Crippen molar-refractivity contribution in [3.8, 4) is 17.2 Å². The molecule has 146 valence electrons. The first-order valence-electron chi connectivity index (χ1n) is 9.35. The Morgan fingerprint density at radius 1 is 0.931 bits per heavy atom. The molecule has 3 aromatic rings. The van der Waals surface area contributed by atoms with Crippen molar-refractivity contribution in [2.75, 3.05) is 6.79 Å². The van der Waals surface area contributed by atoms with Crippen LogP contribution in [-0.2, 0) is 0 Å². The topological polar surface area (TPSA) is 62.8 Å². The summed E-state index contributed by atoms with van der Waals surface area (Å²) >= 11 is 6.22. The average Bonchev–Trinajstić information content (AvgIpc) is 3.22. The third kappa shape index (κ3) is 3.50. The number of rotatable bonds is 3. The smallest absolute Gasteiger partial charge is 0.231 e. The summed E-state index contributed by atoms with van der Waals surface area (Å²) in [7, 11) is 0. The molecular weight excluding hydrogens is 388 g/mol. The minimum Gasteiger partial charge on any atom is -0.508 e. The van der Waals surface area contributed by atoms with Crippen molar-refractivity contribution in [3.05, 3.63) is 94.5 Å². The minimum absolute atomic E-state index is 0.191. The van der Waals surface area contributed by atoms with E-state index < -0.39 is 0 Å². The van der Waals surface area contributed by atoms with Gasteiger partial charge in [-0.1, -0.05) is 41.9 Å². The van der Waals surface area contributed by atoms with Gasteiger partial charge in [0.1, 0.15) is 11.9 Å². The molecule has 0 amide bonds. The SMILES string of the molecule is Oc1ccccc1C1C=C(c2ccc3c(c2)OCO3)NC(c2cccc(Cl)c2)N1. The van der Waals surface area contributed by atoms with Crippen LogP contribution in [-0.4, -0.2) is 11.9 Å². The van der Waals surface area contributed by atoms with Gasteiger partial charge in [0.05, 0.1) is 6.04 Å². The maximum absolute atomic E-state index is 10.4. The fraction of sp³-hybridized carbons (Fsp3) is 0.130. The fourth-order valence-corrected chi connectivity index (χ4v) is 3.88. The van der Waals surface area contributed by atoms with E-state index in [2.05, 4.69) is 16.7 Å². The Hall–Kier alpha value is -3.15. The maximum Gasteiger partial charge on any atom is 0.231 e. The van der Waals surface area contributed by atoms with Crippen LogP contribution >= 0.6 is 11.6 Å². The van der Waals surface area contributed by atoms with Gasteiger partial charge < -0.3 is 19.9 Å². The van der Waals surface area contributed by atoms with Crippen LogP contribution in [0.1, 0.15) is 28.9 Å².